The summed E-state index contributed by atoms with van der Waals surface area (Å²) in [5.74, 6) is 1.07. The summed E-state index contributed by atoms with van der Waals surface area (Å²) in [7, 11) is 0. The van der Waals surface area contributed by atoms with Crippen LogP contribution >= 0.6 is 0 Å². The zero-order chi connectivity index (χ0) is 18.0. The molecule has 0 bridgehead atoms. The summed E-state index contributed by atoms with van der Waals surface area (Å²) >= 11 is 0. The molecule has 3 heteroatoms. The number of unbranched alkanes of at least 4 members (excludes halogenated alkanes) is 2. The Morgan fingerprint density at radius 1 is 1.24 bits per heavy atom. The van der Waals surface area contributed by atoms with Crippen LogP contribution in [0.4, 0.5) is 0 Å². The van der Waals surface area contributed by atoms with Crippen molar-refractivity contribution in [3.05, 3.63) is 29.3 Å². The van der Waals surface area contributed by atoms with Crippen molar-refractivity contribution >= 4 is 0 Å². The fourth-order valence-corrected chi connectivity index (χ4v) is 5.41. The molecule has 0 radical (unpaired) electrons. The highest BCUT2D eigenvalue weighted by atomic mass is 16.3. The monoisotopic (exact) mass is 346 g/mol. The first kappa shape index (κ1) is 18.7. The fraction of sp³-hybridized carbons (Fsp3) is 0.727. The van der Waals surface area contributed by atoms with Crippen molar-refractivity contribution in [2.45, 2.75) is 83.8 Å². The van der Waals surface area contributed by atoms with E-state index in [0.29, 0.717) is 11.7 Å². The molecule has 1 aromatic rings. The molecule has 2 aliphatic carbocycles. The van der Waals surface area contributed by atoms with E-state index < -0.39 is 0 Å². The maximum Gasteiger partial charge on any atom is 0.119 e. The molecule has 2 aliphatic rings. The first-order valence-electron chi connectivity index (χ1n) is 10.1. The van der Waals surface area contributed by atoms with Gasteiger partial charge in [0.05, 0.1) is 12.2 Å². The van der Waals surface area contributed by atoms with Crippen LogP contribution in [0.3, 0.4) is 0 Å². The highest BCUT2D eigenvalue weighted by Gasteiger charge is 2.53. The Hall–Kier alpha value is -1.06. The molecule has 25 heavy (non-hydrogen) atoms. The number of aliphatic hydroxyl groups excluding tert-OH is 2. The topological polar surface area (TPSA) is 60.7 Å². The van der Waals surface area contributed by atoms with Gasteiger partial charge in [-0.05, 0) is 73.0 Å². The summed E-state index contributed by atoms with van der Waals surface area (Å²) in [4.78, 5) is 0. The van der Waals surface area contributed by atoms with Crippen molar-refractivity contribution in [2.24, 2.45) is 17.3 Å². The summed E-state index contributed by atoms with van der Waals surface area (Å²) in [6.45, 7) is 4.50. The highest BCUT2D eigenvalue weighted by molar-refractivity contribution is 5.42. The van der Waals surface area contributed by atoms with Crippen LogP contribution in [0.25, 0.3) is 0 Å². The Balaban J connectivity index is 1.67. The van der Waals surface area contributed by atoms with Crippen LogP contribution in [0.15, 0.2) is 18.2 Å². The average Bonchev–Trinajstić information content (AvgIpc) is 2.81. The number of fused-ring (bicyclic) bond motifs is 2. The molecule has 0 saturated heterocycles. The zero-order valence-corrected chi connectivity index (χ0v) is 15.7. The van der Waals surface area contributed by atoms with Gasteiger partial charge in [0, 0.05) is 0 Å². The smallest absolute Gasteiger partial charge is 0.119 e. The van der Waals surface area contributed by atoms with Gasteiger partial charge < -0.3 is 15.3 Å². The van der Waals surface area contributed by atoms with Crippen LogP contribution in [0, 0.1) is 17.3 Å². The molecule has 0 aromatic heterocycles. The molecule has 140 valence electrons. The van der Waals surface area contributed by atoms with Crippen molar-refractivity contribution in [2.75, 3.05) is 0 Å². The molecule has 5 atom stereocenters. The van der Waals surface area contributed by atoms with E-state index in [9.17, 15) is 15.3 Å². The summed E-state index contributed by atoms with van der Waals surface area (Å²) < 4.78 is 0. The molecular weight excluding hydrogens is 312 g/mol. The highest BCUT2D eigenvalue weighted by Crippen LogP contribution is 2.56. The lowest BCUT2D eigenvalue weighted by molar-refractivity contribution is 0.0507. The molecule has 3 rings (SSSR count). The molecule has 3 nitrogen and oxygen atoms in total. The van der Waals surface area contributed by atoms with Gasteiger partial charge >= 0.3 is 0 Å². The Morgan fingerprint density at radius 2 is 2.04 bits per heavy atom. The third-order valence-electron chi connectivity index (χ3n) is 6.99. The van der Waals surface area contributed by atoms with E-state index in [1.807, 2.05) is 6.07 Å². The number of phenols is 1. The van der Waals surface area contributed by atoms with E-state index in [1.165, 1.54) is 18.4 Å². The van der Waals surface area contributed by atoms with Crippen molar-refractivity contribution in [1.82, 2.24) is 0 Å². The molecular formula is C22H34O3. The van der Waals surface area contributed by atoms with Gasteiger partial charge in [-0.25, -0.2) is 0 Å². The second kappa shape index (κ2) is 7.67. The number of rotatable bonds is 7. The molecule has 1 aromatic carbocycles. The third-order valence-corrected chi connectivity index (χ3v) is 6.99. The Morgan fingerprint density at radius 3 is 2.80 bits per heavy atom. The van der Waals surface area contributed by atoms with Crippen molar-refractivity contribution in [3.63, 3.8) is 0 Å². The lowest BCUT2D eigenvalue weighted by Gasteiger charge is -2.42. The van der Waals surface area contributed by atoms with E-state index in [2.05, 4.69) is 19.9 Å². The van der Waals surface area contributed by atoms with Gasteiger partial charge in [0.2, 0.25) is 0 Å². The predicted octanol–water partition coefficient (Wildman–Crippen LogP) is 4.22. The molecule has 3 N–H and O–H groups in total. The van der Waals surface area contributed by atoms with Crippen molar-refractivity contribution < 1.29 is 15.3 Å². The van der Waals surface area contributed by atoms with Gasteiger partial charge in [-0.15, -0.1) is 0 Å². The lowest BCUT2D eigenvalue weighted by atomic mass is 9.62. The van der Waals surface area contributed by atoms with E-state index in [4.69, 9.17) is 0 Å². The molecule has 0 heterocycles. The second-order valence-corrected chi connectivity index (χ2v) is 8.63. The normalized spacial score (nSPS) is 32.2. The number of aromatic hydroxyl groups is 1. The van der Waals surface area contributed by atoms with Gasteiger partial charge in [0.15, 0.2) is 0 Å². The average molecular weight is 347 g/mol. The summed E-state index contributed by atoms with van der Waals surface area (Å²) in [5.41, 5.74) is 2.39. The van der Waals surface area contributed by atoms with Crippen molar-refractivity contribution in [1.29, 1.82) is 0 Å². The van der Waals surface area contributed by atoms with Crippen molar-refractivity contribution in [3.8, 4) is 5.75 Å². The third kappa shape index (κ3) is 3.73. The minimum absolute atomic E-state index is 0.0728. The summed E-state index contributed by atoms with van der Waals surface area (Å²) in [6, 6.07) is 5.82. The number of phenolic OH excluding ortho intramolecular Hbond substituents is 1. The van der Waals surface area contributed by atoms with Gasteiger partial charge in [-0.3, -0.25) is 0 Å². The van der Waals surface area contributed by atoms with Gasteiger partial charge in [0.25, 0.3) is 0 Å². The van der Waals surface area contributed by atoms with Gasteiger partial charge in [-0.1, -0.05) is 45.2 Å². The minimum atomic E-state index is -0.283. The standard InChI is InChI=1S/C22H34O3/c1-3-4-5-8-17(23)10-11-19-21(25)13-16-12-18-15(14-22(16,19)2)7-6-9-20(18)24/h6-7,9,16-17,19,21,23-25H,3-5,8,10-14H2,1-2H3/t16-,17-,19-,21+,22-/m0/s1. The van der Waals surface area contributed by atoms with Crippen LogP contribution in [-0.4, -0.2) is 27.5 Å². The van der Waals surface area contributed by atoms with Crippen LogP contribution in [0.2, 0.25) is 0 Å². The maximum atomic E-state index is 10.7. The summed E-state index contributed by atoms with van der Waals surface area (Å²) in [5, 5.41) is 31.2. The number of benzene rings is 1. The van der Waals surface area contributed by atoms with Crippen LogP contribution in [0.1, 0.15) is 69.9 Å². The van der Waals surface area contributed by atoms with Crippen LogP contribution in [0.5, 0.6) is 5.75 Å². The first-order chi connectivity index (χ1) is 12.0. The Kier molecular flexibility index (Phi) is 5.75. The number of hydrogen-bond acceptors (Lipinski definition) is 3. The maximum absolute atomic E-state index is 10.7. The molecule has 0 amide bonds. The zero-order valence-electron chi connectivity index (χ0n) is 15.7. The van der Waals surface area contributed by atoms with Gasteiger partial charge in [-0.2, -0.15) is 0 Å². The Bertz CT molecular complexity index is 585. The summed E-state index contributed by atoms with van der Waals surface area (Å²) in [6.07, 6.45) is 8.13. The molecule has 0 spiro atoms. The fourth-order valence-electron chi connectivity index (χ4n) is 5.41. The number of aliphatic hydroxyl groups is 2. The molecule has 1 fully saturated rings. The largest absolute Gasteiger partial charge is 0.508 e. The first-order valence-corrected chi connectivity index (χ1v) is 10.1. The van der Waals surface area contributed by atoms with Crippen LogP contribution in [-0.2, 0) is 12.8 Å². The lowest BCUT2D eigenvalue weighted by Crippen LogP contribution is -2.38. The Labute approximate surface area is 152 Å². The minimum Gasteiger partial charge on any atom is -0.508 e. The van der Waals surface area contributed by atoms with Gasteiger partial charge in [0.1, 0.15) is 5.75 Å². The van der Waals surface area contributed by atoms with E-state index in [-0.39, 0.29) is 23.5 Å². The van der Waals surface area contributed by atoms with Crippen LogP contribution < -0.4 is 0 Å². The quantitative estimate of drug-likeness (QED) is 0.648. The molecule has 0 unspecified atom stereocenters. The SMILES string of the molecule is CCCCC[C@H](O)CC[C@H]1[C@H](O)C[C@@H]2Cc3c(O)cccc3C[C@@]21C. The van der Waals surface area contributed by atoms with E-state index in [1.54, 1.807) is 6.07 Å². The molecule has 0 aliphatic heterocycles. The predicted molar refractivity (Wildman–Crippen MR) is 101 cm³/mol. The number of hydrogen-bond donors (Lipinski definition) is 3. The van der Waals surface area contributed by atoms with E-state index >= 15 is 0 Å². The molecule has 1 saturated carbocycles. The van der Waals surface area contributed by atoms with E-state index in [0.717, 1.165) is 50.5 Å². The second-order valence-electron chi connectivity index (χ2n) is 8.63.